The average Bonchev–Trinajstić information content (AvgIpc) is 2.37. The van der Waals surface area contributed by atoms with Crippen LogP contribution in [0.2, 0.25) is 0 Å². The molecule has 0 aliphatic carbocycles. The average molecular weight is 257 g/mol. The molecular weight excluding hydrogens is 237 g/mol. The summed E-state index contributed by atoms with van der Waals surface area (Å²) in [5.41, 5.74) is 4.71. The lowest BCUT2D eigenvalue weighted by Gasteiger charge is -2.19. The van der Waals surface area contributed by atoms with E-state index in [1.54, 1.807) is 6.07 Å². The molecule has 2 aromatic carbocycles. The maximum atomic E-state index is 13.2. The van der Waals surface area contributed by atoms with Crippen molar-refractivity contribution < 1.29 is 4.39 Å². The van der Waals surface area contributed by atoms with Gasteiger partial charge in [-0.1, -0.05) is 35.9 Å². The standard InChI is InChI=1S/C17H20FN/c1-12-5-4-6-14(9-12)11-17(19-3)16-8-7-15(18)10-13(16)2/h4-10,17,19H,11H2,1-3H3. The van der Waals surface area contributed by atoms with E-state index in [2.05, 4.69) is 36.5 Å². The van der Waals surface area contributed by atoms with Gasteiger partial charge in [0.2, 0.25) is 0 Å². The first kappa shape index (κ1) is 13.8. The third-order valence-electron chi connectivity index (χ3n) is 3.48. The van der Waals surface area contributed by atoms with Crippen molar-refractivity contribution in [1.29, 1.82) is 0 Å². The first-order valence-electron chi connectivity index (χ1n) is 6.59. The highest BCUT2D eigenvalue weighted by molar-refractivity contribution is 5.32. The SMILES string of the molecule is CNC(Cc1cccc(C)c1)c1ccc(F)cc1C. The molecule has 0 amide bonds. The Labute approximate surface area is 114 Å². The molecule has 0 aliphatic heterocycles. The van der Waals surface area contributed by atoms with Crippen molar-refractivity contribution >= 4 is 0 Å². The molecule has 0 aliphatic rings. The van der Waals surface area contributed by atoms with Gasteiger partial charge in [0, 0.05) is 6.04 Å². The summed E-state index contributed by atoms with van der Waals surface area (Å²) in [6.07, 6.45) is 0.907. The Bertz CT molecular complexity index is 563. The second kappa shape index (κ2) is 5.98. The van der Waals surface area contributed by atoms with E-state index < -0.39 is 0 Å². The Balaban J connectivity index is 2.25. The van der Waals surface area contributed by atoms with Crippen LogP contribution in [0, 0.1) is 19.7 Å². The van der Waals surface area contributed by atoms with Gasteiger partial charge in [-0.15, -0.1) is 0 Å². The number of halogens is 1. The summed E-state index contributed by atoms with van der Waals surface area (Å²) in [4.78, 5) is 0. The fraction of sp³-hybridized carbons (Fsp3) is 0.294. The Hall–Kier alpha value is -1.67. The fourth-order valence-electron chi connectivity index (χ4n) is 2.47. The van der Waals surface area contributed by atoms with Crippen molar-refractivity contribution in [2.24, 2.45) is 0 Å². The van der Waals surface area contributed by atoms with Crippen LogP contribution in [0.15, 0.2) is 42.5 Å². The van der Waals surface area contributed by atoms with Crippen LogP contribution in [0.1, 0.15) is 28.3 Å². The van der Waals surface area contributed by atoms with Gasteiger partial charge in [-0.05, 0) is 56.1 Å². The zero-order chi connectivity index (χ0) is 13.8. The predicted octanol–water partition coefficient (Wildman–Crippen LogP) is 3.95. The number of hydrogen-bond donors (Lipinski definition) is 1. The normalized spacial score (nSPS) is 12.4. The van der Waals surface area contributed by atoms with Gasteiger partial charge in [-0.25, -0.2) is 4.39 Å². The molecule has 2 rings (SSSR count). The molecule has 0 heterocycles. The van der Waals surface area contributed by atoms with E-state index in [1.165, 1.54) is 17.2 Å². The van der Waals surface area contributed by atoms with Crippen molar-refractivity contribution in [3.8, 4) is 0 Å². The van der Waals surface area contributed by atoms with Crippen molar-refractivity contribution in [3.63, 3.8) is 0 Å². The molecule has 2 aromatic rings. The molecule has 0 fully saturated rings. The minimum Gasteiger partial charge on any atom is -0.313 e. The Kier molecular flexibility index (Phi) is 4.33. The monoisotopic (exact) mass is 257 g/mol. The summed E-state index contributed by atoms with van der Waals surface area (Å²) in [6, 6.07) is 13.7. The molecule has 0 bridgehead atoms. The van der Waals surface area contributed by atoms with Gasteiger partial charge in [0.25, 0.3) is 0 Å². The maximum absolute atomic E-state index is 13.2. The van der Waals surface area contributed by atoms with Gasteiger partial charge in [-0.3, -0.25) is 0 Å². The molecule has 1 N–H and O–H groups in total. The molecular formula is C17H20FN. The van der Waals surface area contributed by atoms with Gasteiger partial charge >= 0.3 is 0 Å². The van der Waals surface area contributed by atoms with Crippen LogP contribution < -0.4 is 5.32 Å². The topological polar surface area (TPSA) is 12.0 Å². The van der Waals surface area contributed by atoms with E-state index in [-0.39, 0.29) is 11.9 Å². The number of nitrogens with one attached hydrogen (secondary N) is 1. The molecule has 2 heteroatoms. The summed E-state index contributed by atoms with van der Waals surface area (Å²) >= 11 is 0. The zero-order valence-electron chi connectivity index (χ0n) is 11.7. The summed E-state index contributed by atoms with van der Waals surface area (Å²) in [5.74, 6) is -0.174. The van der Waals surface area contributed by atoms with E-state index in [1.807, 2.05) is 20.0 Å². The Morgan fingerprint density at radius 1 is 1.11 bits per heavy atom. The lowest BCUT2D eigenvalue weighted by molar-refractivity contribution is 0.582. The van der Waals surface area contributed by atoms with Crippen LogP contribution in [0.3, 0.4) is 0 Å². The highest BCUT2D eigenvalue weighted by Crippen LogP contribution is 2.22. The second-order valence-corrected chi connectivity index (χ2v) is 5.04. The lowest BCUT2D eigenvalue weighted by Crippen LogP contribution is -2.20. The van der Waals surface area contributed by atoms with Crippen LogP contribution >= 0.6 is 0 Å². The Morgan fingerprint density at radius 3 is 2.53 bits per heavy atom. The van der Waals surface area contributed by atoms with Crippen molar-refractivity contribution in [2.45, 2.75) is 26.3 Å². The molecule has 1 atom stereocenters. The molecule has 0 spiro atoms. The predicted molar refractivity (Wildman–Crippen MR) is 77.8 cm³/mol. The van der Waals surface area contributed by atoms with Gasteiger partial charge in [0.05, 0.1) is 0 Å². The van der Waals surface area contributed by atoms with E-state index in [0.717, 1.165) is 17.5 Å². The number of likely N-dealkylation sites (N-methyl/N-ethyl adjacent to an activating group) is 1. The number of hydrogen-bond acceptors (Lipinski definition) is 1. The first-order chi connectivity index (χ1) is 9.10. The number of rotatable bonds is 4. The highest BCUT2D eigenvalue weighted by atomic mass is 19.1. The number of aryl methyl sites for hydroxylation is 2. The minimum absolute atomic E-state index is 0.174. The second-order valence-electron chi connectivity index (χ2n) is 5.04. The smallest absolute Gasteiger partial charge is 0.123 e. The van der Waals surface area contributed by atoms with Crippen LogP contribution in [-0.4, -0.2) is 7.05 Å². The van der Waals surface area contributed by atoms with Gasteiger partial charge < -0.3 is 5.32 Å². The first-order valence-corrected chi connectivity index (χ1v) is 6.59. The van der Waals surface area contributed by atoms with E-state index in [9.17, 15) is 4.39 Å². The summed E-state index contributed by atoms with van der Waals surface area (Å²) < 4.78 is 13.2. The molecule has 19 heavy (non-hydrogen) atoms. The van der Waals surface area contributed by atoms with Crippen molar-refractivity contribution in [1.82, 2.24) is 5.32 Å². The minimum atomic E-state index is -0.174. The summed E-state index contributed by atoms with van der Waals surface area (Å²) in [5, 5.41) is 3.32. The van der Waals surface area contributed by atoms with Crippen LogP contribution in [-0.2, 0) is 6.42 Å². The molecule has 1 unspecified atom stereocenters. The third-order valence-corrected chi connectivity index (χ3v) is 3.48. The highest BCUT2D eigenvalue weighted by Gasteiger charge is 2.13. The molecule has 0 aromatic heterocycles. The maximum Gasteiger partial charge on any atom is 0.123 e. The summed E-state index contributed by atoms with van der Waals surface area (Å²) in [7, 11) is 1.95. The summed E-state index contributed by atoms with van der Waals surface area (Å²) in [6.45, 7) is 4.06. The fourth-order valence-corrected chi connectivity index (χ4v) is 2.47. The largest absolute Gasteiger partial charge is 0.313 e. The lowest BCUT2D eigenvalue weighted by atomic mass is 9.95. The third kappa shape index (κ3) is 3.42. The van der Waals surface area contributed by atoms with E-state index in [0.29, 0.717) is 0 Å². The number of benzene rings is 2. The molecule has 0 radical (unpaired) electrons. The van der Waals surface area contributed by atoms with Crippen LogP contribution in [0.5, 0.6) is 0 Å². The molecule has 100 valence electrons. The van der Waals surface area contributed by atoms with E-state index in [4.69, 9.17) is 0 Å². The molecule has 1 nitrogen and oxygen atoms in total. The van der Waals surface area contributed by atoms with Gasteiger partial charge in [0.15, 0.2) is 0 Å². The Morgan fingerprint density at radius 2 is 1.89 bits per heavy atom. The van der Waals surface area contributed by atoms with Gasteiger partial charge in [0.1, 0.15) is 5.82 Å². The zero-order valence-corrected chi connectivity index (χ0v) is 11.7. The van der Waals surface area contributed by atoms with Gasteiger partial charge in [-0.2, -0.15) is 0 Å². The van der Waals surface area contributed by atoms with E-state index >= 15 is 0 Å². The van der Waals surface area contributed by atoms with Crippen molar-refractivity contribution in [2.75, 3.05) is 7.05 Å². The quantitative estimate of drug-likeness (QED) is 0.874. The van der Waals surface area contributed by atoms with Crippen LogP contribution in [0.4, 0.5) is 4.39 Å². The van der Waals surface area contributed by atoms with Crippen molar-refractivity contribution in [3.05, 3.63) is 70.5 Å². The molecule has 0 saturated heterocycles. The van der Waals surface area contributed by atoms with Crippen LogP contribution in [0.25, 0.3) is 0 Å². The molecule has 0 saturated carbocycles.